The highest BCUT2D eigenvalue weighted by atomic mass is 32.1. The Hall–Kier alpha value is -3.98. The lowest BCUT2D eigenvalue weighted by atomic mass is 10.1. The molecule has 0 unspecified atom stereocenters. The summed E-state index contributed by atoms with van der Waals surface area (Å²) in [4.78, 5) is 40.9. The molecule has 3 aromatic heterocycles. The number of primary amides is 1. The Morgan fingerprint density at radius 3 is 2.68 bits per heavy atom. The number of para-hydroxylation sites is 1. The maximum Gasteiger partial charge on any atom is 0.339 e. The Morgan fingerprint density at radius 1 is 1.13 bits per heavy atom. The number of pyridine rings is 1. The maximum atomic E-state index is 12.8. The van der Waals surface area contributed by atoms with Crippen molar-refractivity contribution in [1.29, 1.82) is 0 Å². The lowest BCUT2D eigenvalue weighted by Crippen LogP contribution is -2.22. The third-order valence-electron chi connectivity index (χ3n) is 4.45. The molecule has 156 valence electrons. The minimum atomic E-state index is -0.681. The molecule has 0 radical (unpaired) electrons. The number of anilines is 1. The van der Waals surface area contributed by atoms with Gasteiger partial charge in [-0.15, -0.1) is 11.3 Å². The van der Waals surface area contributed by atoms with Gasteiger partial charge in [-0.1, -0.05) is 18.2 Å². The number of fused-ring (bicyclic) bond motifs is 1. The normalized spacial score (nSPS) is 10.7. The minimum absolute atomic E-state index is 0.197. The first kappa shape index (κ1) is 20.3. The minimum Gasteiger partial charge on any atom is -0.460 e. The number of amides is 2. The van der Waals surface area contributed by atoms with Crippen LogP contribution in [-0.2, 0) is 9.53 Å². The van der Waals surface area contributed by atoms with Crippen LogP contribution in [-0.4, -0.2) is 29.4 Å². The van der Waals surface area contributed by atoms with Gasteiger partial charge in [-0.3, -0.25) is 9.59 Å². The van der Waals surface area contributed by atoms with Gasteiger partial charge in [0.05, 0.1) is 16.6 Å². The molecule has 2 amide bonds. The summed E-state index contributed by atoms with van der Waals surface area (Å²) < 4.78 is 10.8. The molecule has 1 aromatic carbocycles. The zero-order valence-electron chi connectivity index (χ0n) is 16.4. The molecule has 4 rings (SSSR count). The largest absolute Gasteiger partial charge is 0.460 e. The van der Waals surface area contributed by atoms with Crippen LogP contribution in [0.2, 0.25) is 0 Å². The van der Waals surface area contributed by atoms with Crippen LogP contribution in [0.25, 0.3) is 22.4 Å². The molecule has 0 saturated carbocycles. The average Bonchev–Trinajstić information content (AvgIpc) is 3.40. The van der Waals surface area contributed by atoms with E-state index in [1.165, 1.54) is 6.07 Å². The maximum absolute atomic E-state index is 12.8. The van der Waals surface area contributed by atoms with Crippen molar-refractivity contribution >= 4 is 45.0 Å². The topological polar surface area (TPSA) is 125 Å². The molecule has 0 bridgehead atoms. The van der Waals surface area contributed by atoms with E-state index in [1.807, 2.05) is 13.0 Å². The molecule has 9 heteroatoms. The number of hydrogen-bond donors (Lipinski definition) is 2. The van der Waals surface area contributed by atoms with Gasteiger partial charge in [0.15, 0.2) is 12.4 Å². The number of benzene rings is 1. The molecule has 0 fully saturated rings. The SMILES string of the molecule is Cc1ccc(-c2cc(C(=O)OCC(=O)Nc3sccc3C(N)=O)c3ccccc3n2)o1. The highest BCUT2D eigenvalue weighted by Gasteiger charge is 2.19. The van der Waals surface area contributed by atoms with E-state index >= 15 is 0 Å². The monoisotopic (exact) mass is 435 g/mol. The molecule has 0 aliphatic carbocycles. The Bertz CT molecular complexity index is 1310. The number of carbonyl (C=O) groups is 3. The summed E-state index contributed by atoms with van der Waals surface area (Å²) >= 11 is 1.15. The molecule has 8 nitrogen and oxygen atoms in total. The molecule has 3 N–H and O–H groups in total. The number of thiophene rings is 1. The lowest BCUT2D eigenvalue weighted by Gasteiger charge is -2.09. The zero-order chi connectivity index (χ0) is 22.0. The fourth-order valence-electron chi connectivity index (χ4n) is 3.01. The van der Waals surface area contributed by atoms with Crippen molar-refractivity contribution in [2.75, 3.05) is 11.9 Å². The molecule has 0 atom stereocenters. The summed E-state index contributed by atoms with van der Waals surface area (Å²) in [5, 5.41) is 5.05. The number of ether oxygens (including phenoxy) is 1. The van der Waals surface area contributed by atoms with Crippen LogP contribution >= 0.6 is 11.3 Å². The fourth-order valence-corrected chi connectivity index (χ4v) is 3.82. The standard InChI is InChI=1S/C22H17N3O5S/c1-12-6-7-18(30-12)17-10-15(13-4-2-3-5-16(13)24-17)22(28)29-11-19(26)25-21-14(20(23)27)8-9-31-21/h2-10H,11H2,1H3,(H2,23,27)(H,25,26). The number of nitrogens with zero attached hydrogens (tertiary/aromatic N) is 1. The van der Waals surface area contributed by atoms with Gasteiger partial charge in [0.1, 0.15) is 16.5 Å². The van der Waals surface area contributed by atoms with Gasteiger partial charge in [0.2, 0.25) is 0 Å². The fraction of sp³-hybridized carbons (Fsp3) is 0.0909. The molecule has 3 heterocycles. The van der Waals surface area contributed by atoms with Gasteiger partial charge in [0, 0.05) is 5.39 Å². The predicted octanol–water partition coefficient (Wildman–Crippen LogP) is 3.76. The van der Waals surface area contributed by atoms with Gasteiger partial charge in [0.25, 0.3) is 11.8 Å². The summed E-state index contributed by atoms with van der Waals surface area (Å²) in [5.41, 5.74) is 6.80. The van der Waals surface area contributed by atoms with E-state index in [2.05, 4.69) is 10.3 Å². The Kier molecular flexibility index (Phi) is 5.50. The van der Waals surface area contributed by atoms with E-state index in [4.69, 9.17) is 14.9 Å². The number of aryl methyl sites for hydroxylation is 1. The summed E-state index contributed by atoms with van der Waals surface area (Å²) in [6, 6.07) is 13.8. The molecular formula is C22H17N3O5S. The first-order valence-electron chi connectivity index (χ1n) is 9.23. The Morgan fingerprint density at radius 2 is 1.94 bits per heavy atom. The second-order valence-electron chi connectivity index (χ2n) is 6.63. The Labute approximate surface area is 180 Å². The van der Waals surface area contributed by atoms with Crippen molar-refractivity contribution in [3.63, 3.8) is 0 Å². The summed E-state index contributed by atoms with van der Waals surface area (Å²) in [5.74, 6) is -0.683. The van der Waals surface area contributed by atoms with Crippen molar-refractivity contribution in [2.45, 2.75) is 6.92 Å². The van der Waals surface area contributed by atoms with E-state index in [1.54, 1.807) is 41.8 Å². The smallest absolute Gasteiger partial charge is 0.339 e. The van der Waals surface area contributed by atoms with Crippen molar-refractivity contribution < 1.29 is 23.5 Å². The van der Waals surface area contributed by atoms with E-state index in [0.29, 0.717) is 27.4 Å². The second-order valence-corrected chi connectivity index (χ2v) is 7.55. The van der Waals surface area contributed by atoms with Crippen LogP contribution in [0.4, 0.5) is 5.00 Å². The third-order valence-corrected chi connectivity index (χ3v) is 5.28. The van der Waals surface area contributed by atoms with Crippen LogP contribution in [0.1, 0.15) is 26.5 Å². The van der Waals surface area contributed by atoms with E-state index in [-0.39, 0.29) is 11.1 Å². The van der Waals surface area contributed by atoms with Crippen molar-refractivity contribution in [2.24, 2.45) is 5.73 Å². The van der Waals surface area contributed by atoms with Crippen LogP contribution in [0.5, 0.6) is 0 Å². The van der Waals surface area contributed by atoms with E-state index < -0.39 is 24.4 Å². The predicted molar refractivity (Wildman–Crippen MR) is 116 cm³/mol. The molecule has 0 aliphatic rings. The first-order valence-corrected chi connectivity index (χ1v) is 10.1. The van der Waals surface area contributed by atoms with Crippen LogP contribution in [0.3, 0.4) is 0 Å². The molecular weight excluding hydrogens is 418 g/mol. The summed E-state index contributed by atoms with van der Waals surface area (Å²) in [6.45, 7) is 1.29. The number of nitrogens with one attached hydrogen (secondary N) is 1. The number of aromatic nitrogens is 1. The van der Waals surface area contributed by atoms with Gasteiger partial charge < -0.3 is 20.2 Å². The van der Waals surface area contributed by atoms with Crippen molar-refractivity contribution in [3.8, 4) is 11.5 Å². The quantitative estimate of drug-likeness (QED) is 0.444. The highest BCUT2D eigenvalue weighted by molar-refractivity contribution is 7.14. The Balaban J connectivity index is 1.55. The lowest BCUT2D eigenvalue weighted by molar-refractivity contribution is -0.119. The number of furan rings is 1. The highest BCUT2D eigenvalue weighted by Crippen LogP contribution is 2.27. The van der Waals surface area contributed by atoms with Gasteiger partial charge >= 0.3 is 5.97 Å². The van der Waals surface area contributed by atoms with E-state index in [0.717, 1.165) is 17.1 Å². The van der Waals surface area contributed by atoms with Crippen LogP contribution < -0.4 is 11.1 Å². The first-order chi connectivity index (χ1) is 14.9. The number of nitrogens with two attached hydrogens (primary N) is 1. The van der Waals surface area contributed by atoms with Crippen LogP contribution in [0, 0.1) is 6.92 Å². The molecule has 31 heavy (non-hydrogen) atoms. The summed E-state index contributed by atoms with van der Waals surface area (Å²) in [6.07, 6.45) is 0. The second kappa shape index (κ2) is 8.41. The van der Waals surface area contributed by atoms with Crippen molar-refractivity contribution in [3.05, 3.63) is 70.8 Å². The molecule has 0 aliphatic heterocycles. The van der Waals surface area contributed by atoms with Crippen LogP contribution in [0.15, 0.2) is 58.3 Å². The average molecular weight is 435 g/mol. The van der Waals surface area contributed by atoms with Crippen molar-refractivity contribution in [1.82, 2.24) is 4.98 Å². The third kappa shape index (κ3) is 4.31. The summed E-state index contributed by atoms with van der Waals surface area (Å²) in [7, 11) is 0. The zero-order valence-corrected chi connectivity index (χ0v) is 17.2. The van der Waals surface area contributed by atoms with Gasteiger partial charge in [-0.25, -0.2) is 9.78 Å². The number of carbonyl (C=O) groups excluding carboxylic acids is 3. The van der Waals surface area contributed by atoms with E-state index in [9.17, 15) is 14.4 Å². The number of rotatable bonds is 6. The molecule has 4 aromatic rings. The molecule has 0 saturated heterocycles. The van der Waals surface area contributed by atoms with Gasteiger partial charge in [-0.2, -0.15) is 0 Å². The number of hydrogen-bond acceptors (Lipinski definition) is 7. The molecule has 0 spiro atoms. The number of esters is 1. The van der Waals surface area contributed by atoms with Gasteiger partial charge in [-0.05, 0) is 42.6 Å².